The molecule has 0 bridgehead atoms. The van der Waals surface area contributed by atoms with E-state index in [-0.39, 0.29) is 12.3 Å². The molecule has 0 aromatic heterocycles. The Labute approximate surface area is 134 Å². The minimum Gasteiger partial charge on any atom is -0.347 e. The third-order valence-electron chi connectivity index (χ3n) is 4.12. The molecule has 4 nitrogen and oxygen atoms in total. The van der Waals surface area contributed by atoms with Crippen molar-refractivity contribution < 1.29 is 18.4 Å². The van der Waals surface area contributed by atoms with Crippen LogP contribution in [-0.2, 0) is 16.0 Å². The first-order valence-corrected chi connectivity index (χ1v) is 7.63. The molecule has 1 aliphatic carbocycles. The number of carbonyl (C=O) groups excluding carboxylic acids is 2. The van der Waals surface area contributed by atoms with Crippen LogP contribution in [0.1, 0.15) is 18.9 Å². The molecule has 1 aliphatic rings. The molecule has 1 aromatic rings. The van der Waals surface area contributed by atoms with Gasteiger partial charge in [0.25, 0.3) is 0 Å². The standard InChI is InChI=1S/C17H22F2N2O2/c1-17(18,19)13-10-12(13)15(22)20-14(16(23)21(2)3)9-11-7-5-4-6-8-11/h4-8,12-14H,9-10H2,1-3H3,(H,20,22)/t12-,13-,14-/m1/s1. The Morgan fingerprint density at radius 1 is 1.30 bits per heavy atom. The molecule has 2 rings (SSSR count). The van der Waals surface area contributed by atoms with Gasteiger partial charge in [-0.2, -0.15) is 0 Å². The Kier molecular flexibility index (Phi) is 5.02. The molecule has 0 radical (unpaired) electrons. The summed E-state index contributed by atoms with van der Waals surface area (Å²) in [5.41, 5.74) is 0.904. The summed E-state index contributed by atoms with van der Waals surface area (Å²) in [6, 6.07) is 8.55. The van der Waals surface area contributed by atoms with Crippen LogP contribution in [0.25, 0.3) is 0 Å². The van der Waals surface area contributed by atoms with Crippen LogP contribution in [0.15, 0.2) is 30.3 Å². The highest BCUT2D eigenvalue weighted by atomic mass is 19.3. The van der Waals surface area contributed by atoms with E-state index >= 15 is 0 Å². The van der Waals surface area contributed by atoms with Gasteiger partial charge in [0.1, 0.15) is 6.04 Å². The van der Waals surface area contributed by atoms with Crippen molar-refractivity contribution in [3.05, 3.63) is 35.9 Å². The predicted molar refractivity (Wildman–Crippen MR) is 83.0 cm³/mol. The molecule has 1 saturated carbocycles. The van der Waals surface area contributed by atoms with Gasteiger partial charge in [-0.1, -0.05) is 30.3 Å². The van der Waals surface area contributed by atoms with Crippen LogP contribution in [-0.4, -0.2) is 42.8 Å². The van der Waals surface area contributed by atoms with E-state index in [2.05, 4.69) is 5.32 Å². The molecule has 1 aromatic carbocycles. The first-order chi connectivity index (χ1) is 10.7. The molecular weight excluding hydrogens is 302 g/mol. The molecule has 0 saturated heterocycles. The van der Waals surface area contributed by atoms with Crippen LogP contribution in [0.3, 0.4) is 0 Å². The van der Waals surface area contributed by atoms with Crippen LogP contribution >= 0.6 is 0 Å². The van der Waals surface area contributed by atoms with Crippen LogP contribution < -0.4 is 5.32 Å². The lowest BCUT2D eigenvalue weighted by atomic mass is 10.0. The number of nitrogens with one attached hydrogen (secondary N) is 1. The van der Waals surface area contributed by atoms with Gasteiger partial charge in [-0.3, -0.25) is 9.59 Å². The topological polar surface area (TPSA) is 49.4 Å². The molecule has 0 unspecified atom stereocenters. The summed E-state index contributed by atoms with van der Waals surface area (Å²) < 4.78 is 26.5. The molecule has 0 aliphatic heterocycles. The normalized spacial score (nSPS) is 21.4. The third-order valence-corrected chi connectivity index (χ3v) is 4.12. The van der Waals surface area contributed by atoms with Gasteiger partial charge in [-0.05, 0) is 18.9 Å². The number of hydrogen-bond acceptors (Lipinski definition) is 2. The van der Waals surface area contributed by atoms with Crippen molar-refractivity contribution in [3.63, 3.8) is 0 Å². The van der Waals surface area contributed by atoms with E-state index < -0.39 is 29.7 Å². The van der Waals surface area contributed by atoms with E-state index in [4.69, 9.17) is 0 Å². The Morgan fingerprint density at radius 3 is 2.39 bits per heavy atom. The lowest BCUT2D eigenvalue weighted by molar-refractivity contribution is -0.135. The number of amides is 2. The van der Waals surface area contributed by atoms with Gasteiger partial charge in [0.05, 0.1) is 0 Å². The summed E-state index contributed by atoms with van der Waals surface area (Å²) >= 11 is 0. The van der Waals surface area contributed by atoms with Gasteiger partial charge in [0.15, 0.2) is 0 Å². The highest BCUT2D eigenvalue weighted by Crippen LogP contribution is 2.49. The van der Waals surface area contributed by atoms with Crippen LogP contribution in [0.5, 0.6) is 0 Å². The summed E-state index contributed by atoms with van der Waals surface area (Å²) in [7, 11) is 3.21. The van der Waals surface area contributed by atoms with Crippen molar-refractivity contribution in [2.45, 2.75) is 31.7 Å². The summed E-state index contributed by atoms with van der Waals surface area (Å²) in [6.45, 7) is 0.831. The highest BCUT2D eigenvalue weighted by molar-refractivity contribution is 5.89. The van der Waals surface area contributed by atoms with E-state index in [0.29, 0.717) is 6.42 Å². The Hall–Kier alpha value is -1.98. The molecule has 23 heavy (non-hydrogen) atoms. The van der Waals surface area contributed by atoms with Crippen molar-refractivity contribution in [3.8, 4) is 0 Å². The van der Waals surface area contributed by atoms with Crippen molar-refractivity contribution in [2.24, 2.45) is 11.8 Å². The maximum atomic E-state index is 13.2. The lowest BCUT2D eigenvalue weighted by Crippen LogP contribution is -2.48. The summed E-state index contributed by atoms with van der Waals surface area (Å²) in [5, 5.41) is 2.65. The fourth-order valence-corrected chi connectivity index (χ4v) is 2.69. The number of rotatable bonds is 6. The molecule has 1 fully saturated rings. The molecule has 3 atom stereocenters. The van der Waals surface area contributed by atoms with Gasteiger partial charge in [-0.25, -0.2) is 8.78 Å². The smallest absolute Gasteiger partial charge is 0.248 e. The Bertz CT molecular complexity index is 570. The lowest BCUT2D eigenvalue weighted by Gasteiger charge is -2.22. The summed E-state index contributed by atoms with van der Waals surface area (Å²) in [4.78, 5) is 25.8. The fourth-order valence-electron chi connectivity index (χ4n) is 2.69. The number of carbonyl (C=O) groups is 2. The van der Waals surface area contributed by atoms with Gasteiger partial charge in [-0.15, -0.1) is 0 Å². The minimum absolute atomic E-state index is 0.170. The quantitative estimate of drug-likeness (QED) is 0.871. The molecule has 1 N–H and O–H groups in total. The molecule has 2 amide bonds. The monoisotopic (exact) mass is 324 g/mol. The third kappa shape index (κ3) is 4.50. The van der Waals surface area contributed by atoms with Crippen LogP contribution in [0.2, 0.25) is 0 Å². The van der Waals surface area contributed by atoms with E-state index in [0.717, 1.165) is 12.5 Å². The van der Waals surface area contributed by atoms with E-state index in [1.807, 2.05) is 30.3 Å². The maximum Gasteiger partial charge on any atom is 0.248 e. The SMILES string of the molecule is CN(C)C(=O)[C@@H](Cc1ccccc1)NC(=O)[C@@H]1C[C@H]1C(C)(F)F. The second-order valence-electron chi connectivity index (χ2n) is 6.39. The Balaban J connectivity index is 2.04. The predicted octanol–water partition coefficient (Wildman–Crippen LogP) is 2.09. The molecule has 6 heteroatoms. The Morgan fingerprint density at radius 2 is 1.91 bits per heavy atom. The second-order valence-corrected chi connectivity index (χ2v) is 6.39. The van der Waals surface area contributed by atoms with E-state index in [1.165, 1.54) is 4.90 Å². The maximum absolute atomic E-state index is 13.2. The van der Waals surface area contributed by atoms with Crippen LogP contribution in [0, 0.1) is 11.8 Å². The first kappa shape index (κ1) is 17.4. The van der Waals surface area contributed by atoms with Crippen molar-refractivity contribution >= 4 is 11.8 Å². The zero-order valence-corrected chi connectivity index (χ0v) is 13.6. The fraction of sp³-hybridized carbons (Fsp3) is 0.529. The zero-order valence-electron chi connectivity index (χ0n) is 13.6. The molecule has 0 heterocycles. The van der Waals surface area contributed by atoms with Crippen molar-refractivity contribution in [1.29, 1.82) is 0 Å². The number of nitrogens with zero attached hydrogens (tertiary/aromatic N) is 1. The first-order valence-electron chi connectivity index (χ1n) is 7.63. The highest BCUT2D eigenvalue weighted by Gasteiger charge is 2.55. The van der Waals surface area contributed by atoms with Gasteiger partial charge >= 0.3 is 0 Å². The number of benzene rings is 1. The zero-order chi connectivity index (χ0) is 17.2. The number of alkyl halides is 2. The van der Waals surface area contributed by atoms with E-state index in [9.17, 15) is 18.4 Å². The largest absolute Gasteiger partial charge is 0.347 e. The average molecular weight is 324 g/mol. The molecule has 126 valence electrons. The summed E-state index contributed by atoms with van der Waals surface area (Å²) in [5.74, 6) is -5.20. The number of halogens is 2. The van der Waals surface area contributed by atoms with Crippen molar-refractivity contribution in [1.82, 2.24) is 10.2 Å². The van der Waals surface area contributed by atoms with Crippen molar-refractivity contribution in [2.75, 3.05) is 14.1 Å². The van der Waals surface area contributed by atoms with Gasteiger partial charge < -0.3 is 10.2 Å². The van der Waals surface area contributed by atoms with Gasteiger partial charge in [0, 0.05) is 32.4 Å². The second kappa shape index (κ2) is 6.64. The molecule has 0 spiro atoms. The minimum atomic E-state index is -2.86. The average Bonchev–Trinajstić information content (AvgIpc) is 3.27. The number of likely N-dealkylation sites (N-methyl/N-ethyl adjacent to an activating group) is 1. The van der Waals surface area contributed by atoms with Gasteiger partial charge in [0.2, 0.25) is 17.7 Å². The summed E-state index contributed by atoms with van der Waals surface area (Å²) in [6.07, 6.45) is 0.507. The number of hydrogen-bond donors (Lipinski definition) is 1. The van der Waals surface area contributed by atoms with Crippen LogP contribution in [0.4, 0.5) is 8.78 Å². The van der Waals surface area contributed by atoms with E-state index in [1.54, 1.807) is 14.1 Å². The molecular formula is C17H22F2N2O2.